The van der Waals surface area contributed by atoms with Gasteiger partial charge < -0.3 is 24.6 Å². The fourth-order valence-corrected chi connectivity index (χ4v) is 3.28. The van der Waals surface area contributed by atoms with Crippen molar-refractivity contribution in [3.05, 3.63) is 68.5 Å². The molecule has 0 aliphatic carbocycles. The Kier molecular flexibility index (Phi) is 4.45. The third-order valence-electron chi connectivity index (χ3n) is 4.47. The molecule has 2 aliphatic heterocycles. The molecular weight excluding hydrogens is 516 g/mol. The third-order valence-corrected chi connectivity index (χ3v) is 4.47. The van der Waals surface area contributed by atoms with E-state index in [1.165, 1.54) is 0 Å². The van der Waals surface area contributed by atoms with Crippen LogP contribution in [0.4, 0.5) is 34.4 Å². The quantitative estimate of drug-likeness (QED) is 0.471. The second-order valence-corrected chi connectivity index (χ2v) is 6.19. The normalized spacial score (nSPS) is 14.9. The molecule has 8 heteroatoms. The maximum absolute atomic E-state index is 4.44. The first-order valence-electron chi connectivity index (χ1n) is 8.24. The molecule has 7 nitrogen and oxygen atoms in total. The summed E-state index contributed by atoms with van der Waals surface area (Å²) >= 11 is 0. The Morgan fingerprint density at radius 1 is 0.815 bits per heavy atom. The summed E-state index contributed by atoms with van der Waals surface area (Å²) in [7, 11) is 3.96. The van der Waals surface area contributed by atoms with Crippen LogP contribution in [0.25, 0.3) is 0 Å². The van der Waals surface area contributed by atoms with E-state index >= 15 is 0 Å². The van der Waals surface area contributed by atoms with Gasteiger partial charge in [-0.3, -0.25) is 0 Å². The molecule has 5 rings (SSSR count). The fraction of sp³-hybridized carbons (Fsp3) is 0.105. The van der Waals surface area contributed by atoms with Crippen molar-refractivity contribution >= 4 is 34.4 Å². The van der Waals surface area contributed by atoms with Gasteiger partial charge >= 0.3 is 0 Å². The van der Waals surface area contributed by atoms with E-state index in [2.05, 4.69) is 21.0 Å². The van der Waals surface area contributed by atoms with E-state index in [0.717, 1.165) is 34.4 Å². The van der Waals surface area contributed by atoms with E-state index in [-0.39, 0.29) is 19.8 Å². The summed E-state index contributed by atoms with van der Waals surface area (Å²) < 4.78 is 0. The third kappa shape index (κ3) is 2.81. The SMILES string of the molecule is CN1[CH-]N(c2[c-]c(N3[CH-]N(C)c4ncccc43)cnc2)c2cccnc21.[Os]. The number of pyridine rings is 3. The Labute approximate surface area is 171 Å². The monoisotopic (exact) mass is 534 g/mol. The summed E-state index contributed by atoms with van der Waals surface area (Å²) in [6.07, 6.45) is 7.20. The van der Waals surface area contributed by atoms with E-state index in [0.29, 0.717) is 0 Å². The minimum absolute atomic E-state index is 0. The number of aromatic nitrogens is 3. The Balaban J connectivity index is 0.00000180. The molecule has 0 N–H and O–H groups in total. The van der Waals surface area contributed by atoms with Crippen molar-refractivity contribution in [3.63, 3.8) is 0 Å². The van der Waals surface area contributed by atoms with Crippen LogP contribution in [0.1, 0.15) is 0 Å². The van der Waals surface area contributed by atoms with Gasteiger partial charge in [0.25, 0.3) is 0 Å². The van der Waals surface area contributed by atoms with Gasteiger partial charge in [-0.15, -0.1) is 6.07 Å². The summed E-state index contributed by atoms with van der Waals surface area (Å²) in [4.78, 5) is 21.4. The van der Waals surface area contributed by atoms with Crippen LogP contribution < -0.4 is 19.6 Å². The maximum Gasteiger partial charge on any atom is 0.121 e. The molecule has 0 aromatic carbocycles. The summed E-state index contributed by atoms with van der Waals surface area (Å²) in [5, 5.41) is 0. The van der Waals surface area contributed by atoms with E-state index < -0.39 is 0 Å². The first-order chi connectivity index (χ1) is 12.7. The van der Waals surface area contributed by atoms with Crippen LogP contribution in [0.5, 0.6) is 0 Å². The van der Waals surface area contributed by atoms with Gasteiger partial charge in [-0.2, -0.15) is 13.3 Å². The van der Waals surface area contributed by atoms with Crippen LogP contribution in [0, 0.1) is 19.4 Å². The van der Waals surface area contributed by atoms with Gasteiger partial charge in [-0.05, 0) is 38.4 Å². The molecule has 27 heavy (non-hydrogen) atoms. The topological polar surface area (TPSA) is 51.6 Å². The van der Waals surface area contributed by atoms with Gasteiger partial charge in [0.15, 0.2) is 0 Å². The molecule has 0 saturated heterocycles. The van der Waals surface area contributed by atoms with Gasteiger partial charge in [0, 0.05) is 32.2 Å². The van der Waals surface area contributed by atoms with Gasteiger partial charge in [0.1, 0.15) is 11.6 Å². The molecule has 0 atom stereocenters. The molecule has 3 aromatic rings. The average molecular weight is 533 g/mol. The van der Waals surface area contributed by atoms with Crippen LogP contribution in [0.3, 0.4) is 0 Å². The number of fused-ring (bicyclic) bond motifs is 2. The van der Waals surface area contributed by atoms with Gasteiger partial charge in [-0.25, -0.2) is 9.97 Å². The molecule has 0 bridgehead atoms. The average Bonchev–Trinajstić information content (AvgIpc) is 3.20. The van der Waals surface area contributed by atoms with Crippen LogP contribution in [0.15, 0.2) is 49.1 Å². The van der Waals surface area contributed by atoms with E-state index in [1.54, 1.807) is 24.8 Å². The second kappa shape index (κ2) is 6.79. The maximum atomic E-state index is 4.44. The van der Waals surface area contributed by atoms with Crippen molar-refractivity contribution in [1.82, 2.24) is 15.0 Å². The first kappa shape index (κ1) is 17.7. The molecule has 5 heterocycles. The van der Waals surface area contributed by atoms with E-state index in [9.17, 15) is 0 Å². The van der Waals surface area contributed by atoms with Crippen LogP contribution in [-0.4, -0.2) is 29.0 Å². The number of hydrogen-bond donors (Lipinski definition) is 0. The molecule has 0 amide bonds. The molecule has 0 fully saturated rings. The smallest absolute Gasteiger partial charge is 0.121 e. The summed E-state index contributed by atoms with van der Waals surface area (Å²) in [5.74, 6) is 1.82. The number of hydrogen-bond acceptors (Lipinski definition) is 7. The zero-order valence-electron chi connectivity index (χ0n) is 14.8. The standard InChI is InChI=1S/C19H16N7.Os/c1-23-12-25(16-5-3-7-21-18(16)23)14-9-15(11-20-10-14)26-13-24(2)19-17(26)6-4-8-22-19;/h3-8,10-13H,1-2H3;/q-3;. The Hall–Kier alpha value is -2.71. The first-order valence-corrected chi connectivity index (χ1v) is 8.24. The molecule has 0 unspecified atom stereocenters. The minimum atomic E-state index is 0. The van der Waals surface area contributed by atoms with Crippen LogP contribution in [0.2, 0.25) is 0 Å². The summed E-state index contributed by atoms with van der Waals surface area (Å²) in [5.41, 5.74) is 3.73. The summed E-state index contributed by atoms with van der Waals surface area (Å²) in [6, 6.07) is 11.4. The van der Waals surface area contributed by atoms with Gasteiger partial charge in [0.2, 0.25) is 0 Å². The van der Waals surface area contributed by atoms with Crippen LogP contribution in [-0.2, 0) is 19.8 Å². The van der Waals surface area contributed by atoms with E-state index in [1.807, 2.05) is 71.3 Å². The number of nitrogens with zero attached hydrogens (tertiary/aromatic N) is 7. The molecule has 2 aliphatic rings. The molecule has 0 radical (unpaired) electrons. The molecule has 3 aromatic heterocycles. The van der Waals surface area contributed by atoms with Crippen molar-refractivity contribution in [2.45, 2.75) is 0 Å². The number of rotatable bonds is 2. The second-order valence-electron chi connectivity index (χ2n) is 6.19. The van der Waals surface area contributed by atoms with Gasteiger partial charge in [0.05, 0.1) is 11.4 Å². The van der Waals surface area contributed by atoms with Crippen molar-refractivity contribution < 1.29 is 19.8 Å². The summed E-state index contributed by atoms with van der Waals surface area (Å²) in [6.45, 7) is 3.98. The largest absolute Gasteiger partial charge is 0.491 e. The molecule has 0 spiro atoms. The Morgan fingerprint density at radius 2 is 1.30 bits per heavy atom. The van der Waals surface area contributed by atoms with Gasteiger partial charge in [-0.1, -0.05) is 23.8 Å². The predicted octanol–water partition coefficient (Wildman–Crippen LogP) is 3.08. The zero-order chi connectivity index (χ0) is 17.7. The Bertz CT molecular complexity index is 905. The molecule has 0 saturated carbocycles. The molecular formula is C19H16N7Os-3. The van der Waals surface area contributed by atoms with Crippen LogP contribution >= 0.6 is 0 Å². The molecule has 138 valence electrons. The van der Waals surface area contributed by atoms with Crippen molar-refractivity contribution in [2.24, 2.45) is 0 Å². The van der Waals surface area contributed by atoms with Crippen molar-refractivity contribution in [2.75, 3.05) is 33.7 Å². The minimum Gasteiger partial charge on any atom is -0.491 e. The predicted molar refractivity (Wildman–Crippen MR) is 101 cm³/mol. The van der Waals surface area contributed by atoms with Crippen molar-refractivity contribution in [3.8, 4) is 0 Å². The fourth-order valence-electron chi connectivity index (χ4n) is 3.28. The Morgan fingerprint density at radius 3 is 1.78 bits per heavy atom. The zero-order valence-corrected chi connectivity index (χ0v) is 17.3. The van der Waals surface area contributed by atoms with E-state index in [4.69, 9.17) is 0 Å². The van der Waals surface area contributed by atoms with Crippen molar-refractivity contribution in [1.29, 1.82) is 0 Å². The number of anilines is 6.